The summed E-state index contributed by atoms with van der Waals surface area (Å²) in [5.74, 6) is -0.369. The molecule has 0 aliphatic heterocycles. The zero-order valence-corrected chi connectivity index (χ0v) is 11.9. The molecule has 110 valence electrons. The Hall–Kier alpha value is -0.710. The van der Waals surface area contributed by atoms with E-state index < -0.39 is 11.7 Å². The molecular weight excluding hydrogens is 244 g/mol. The van der Waals surface area contributed by atoms with E-state index >= 15 is 0 Å². The van der Waals surface area contributed by atoms with Crippen LogP contribution in [0.2, 0.25) is 0 Å². The molecule has 1 rings (SSSR count). The summed E-state index contributed by atoms with van der Waals surface area (Å²) >= 11 is 0. The van der Waals surface area contributed by atoms with Crippen molar-refractivity contribution in [2.75, 3.05) is 0 Å². The molecule has 3 atom stereocenters. The van der Waals surface area contributed by atoms with Crippen LogP contribution in [0.5, 0.6) is 0 Å². The molecular formula is C15H26O4. The van der Waals surface area contributed by atoms with E-state index in [1.165, 1.54) is 6.08 Å². The molecule has 19 heavy (non-hydrogen) atoms. The number of rotatable bonds is 7. The molecule has 3 unspecified atom stereocenters. The molecule has 4 nitrogen and oxygen atoms in total. The second-order valence-electron chi connectivity index (χ2n) is 5.66. The average molecular weight is 270 g/mol. The molecule has 0 bridgehead atoms. The van der Waals surface area contributed by atoms with Crippen molar-refractivity contribution in [3.05, 3.63) is 11.6 Å². The van der Waals surface area contributed by atoms with E-state index in [-0.39, 0.29) is 11.9 Å². The van der Waals surface area contributed by atoms with E-state index in [9.17, 15) is 20.1 Å². The van der Waals surface area contributed by atoms with Gasteiger partial charge in [-0.1, -0.05) is 25.3 Å². The van der Waals surface area contributed by atoms with Crippen LogP contribution in [0.4, 0.5) is 0 Å². The summed E-state index contributed by atoms with van der Waals surface area (Å²) in [6.45, 7) is 3.72. The Morgan fingerprint density at radius 2 is 2.16 bits per heavy atom. The fraction of sp³-hybridized carbons (Fsp3) is 0.800. The maximum atomic E-state index is 12.0. The van der Waals surface area contributed by atoms with E-state index in [0.29, 0.717) is 25.7 Å². The average Bonchev–Trinajstić information content (AvgIpc) is 2.33. The molecule has 0 amide bonds. The number of carbonyl (C=O) groups excluding carboxylic acids is 1. The first kappa shape index (κ1) is 16.3. The zero-order chi connectivity index (χ0) is 14.5. The fourth-order valence-electron chi connectivity index (χ4n) is 2.49. The third-order valence-corrected chi connectivity index (χ3v) is 3.80. The van der Waals surface area contributed by atoms with Crippen LogP contribution in [0.3, 0.4) is 0 Å². The van der Waals surface area contributed by atoms with Gasteiger partial charge < -0.3 is 15.3 Å². The molecule has 0 spiro atoms. The lowest BCUT2D eigenvalue weighted by Gasteiger charge is -2.35. The van der Waals surface area contributed by atoms with Gasteiger partial charge in [-0.05, 0) is 45.1 Å². The Bertz CT molecular complexity index is 335. The Morgan fingerprint density at radius 1 is 1.47 bits per heavy atom. The van der Waals surface area contributed by atoms with Gasteiger partial charge in [0.15, 0.2) is 11.4 Å². The van der Waals surface area contributed by atoms with E-state index in [1.807, 2.05) is 6.92 Å². The minimum Gasteiger partial charge on any atom is -0.393 e. The third kappa shape index (κ3) is 4.41. The molecule has 0 radical (unpaired) electrons. The van der Waals surface area contributed by atoms with Crippen molar-refractivity contribution in [1.82, 2.24) is 0 Å². The minimum atomic E-state index is -1.59. The highest BCUT2D eigenvalue weighted by Crippen LogP contribution is 2.31. The van der Waals surface area contributed by atoms with Crippen molar-refractivity contribution in [2.24, 2.45) is 0 Å². The van der Waals surface area contributed by atoms with Gasteiger partial charge in [-0.2, -0.15) is 0 Å². The van der Waals surface area contributed by atoms with Crippen LogP contribution in [0.15, 0.2) is 11.6 Å². The lowest BCUT2D eigenvalue weighted by Crippen LogP contribution is -2.51. The van der Waals surface area contributed by atoms with Gasteiger partial charge in [-0.25, -0.2) is 0 Å². The predicted molar refractivity (Wildman–Crippen MR) is 73.7 cm³/mol. The number of hydrogen-bond acceptors (Lipinski definition) is 4. The highest BCUT2D eigenvalue weighted by molar-refractivity contribution is 5.99. The first-order valence-electron chi connectivity index (χ1n) is 7.22. The fourth-order valence-corrected chi connectivity index (χ4v) is 2.49. The van der Waals surface area contributed by atoms with Crippen molar-refractivity contribution < 1.29 is 20.1 Å². The Balaban J connectivity index is 2.61. The molecule has 0 saturated heterocycles. The molecule has 3 N–H and O–H groups in total. The van der Waals surface area contributed by atoms with Gasteiger partial charge in [0.25, 0.3) is 0 Å². The summed E-state index contributed by atoms with van der Waals surface area (Å²) < 4.78 is 0. The van der Waals surface area contributed by atoms with Crippen LogP contribution in [0.1, 0.15) is 58.8 Å². The third-order valence-electron chi connectivity index (χ3n) is 3.80. The number of hydrogen-bond donors (Lipinski definition) is 3. The Kier molecular flexibility index (Phi) is 6.17. The first-order chi connectivity index (χ1) is 8.90. The Labute approximate surface area is 115 Å². The monoisotopic (exact) mass is 270 g/mol. The number of ketones is 1. The molecule has 1 aliphatic carbocycles. The van der Waals surface area contributed by atoms with E-state index in [1.54, 1.807) is 6.92 Å². The minimum absolute atomic E-state index is 0.320. The van der Waals surface area contributed by atoms with Gasteiger partial charge in [-0.3, -0.25) is 4.79 Å². The molecule has 0 fully saturated rings. The smallest absolute Gasteiger partial charge is 0.189 e. The summed E-state index contributed by atoms with van der Waals surface area (Å²) in [6, 6.07) is 0. The maximum Gasteiger partial charge on any atom is 0.189 e. The molecule has 0 aromatic heterocycles. The lowest BCUT2D eigenvalue weighted by molar-refractivity contribution is -0.148. The maximum absolute atomic E-state index is 12.0. The zero-order valence-electron chi connectivity index (χ0n) is 11.9. The largest absolute Gasteiger partial charge is 0.393 e. The van der Waals surface area contributed by atoms with Crippen LogP contribution in [0.25, 0.3) is 0 Å². The highest BCUT2D eigenvalue weighted by atomic mass is 16.3. The first-order valence-corrected chi connectivity index (χ1v) is 7.22. The van der Waals surface area contributed by atoms with Gasteiger partial charge in [-0.15, -0.1) is 0 Å². The molecule has 0 aromatic carbocycles. The van der Waals surface area contributed by atoms with Crippen LogP contribution in [0, 0.1) is 0 Å². The second-order valence-corrected chi connectivity index (χ2v) is 5.66. The standard InChI is InChI=1S/C15H26O4/c1-3-4-8-15(19)13(17)9-12(10-14(15)18)7-5-6-11(2)16/h9,11,14,16,18-19H,3-8,10H2,1-2H3. The number of aliphatic hydroxyl groups is 3. The van der Waals surface area contributed by atoms with Crippen molar-refractivity contribution >= 4 is 5.78 Å². The Morgan fingerprint density at radius 3 is 2.68 bits per heavy atom. The second kappa shape index (κ2) is 7.17. The SMILES string of the molecule is CCCCC1(O)C(=O)C=C(CCCC(C)O)CC1O. The van der Waals surface area contributed by atoms with Gasteiger partial charge in [0.2, 0.25) is 0 Å². The highest BCUT2D eigenvalue weighted by Gasteiger charge is 2.44. The predicted octanol–water partition coefficient (Wildman–Crippen LogP) is 1.72. The molecule has 0 heterocycles. The molecule has 0 aromatic rings. The van der Waals surface area contributed by atoms with Gasteiger partial charge in [0.1, 0.15) is 0 Å². The molecule has 1 aliphatic rings. The summed E-state index contributed by atoms with van der Waals surface area (Å²) in [6.07, 6.45) is 4.59. The summed E-state index contributed by atoms with van der Waals surface area (Å²) in [4.78, 5) is 12.0. The number of unbranched alkanes of at least 4 members (excludes halogenated alkanes) is 1. The van der Waals surface area contributed by atoms with E-state index in [0.717, 1.165) is 24.8 Å². The summed E-state index contributed by atoms with van der Waals surface area (Å²) in [7, 11) is 0. The van der Waals surface area contributed by atoms with E-state index in [4.69, 9.17) is 0 Å². The van der Waals surface area contributed by atoms with Gasteiger partial charge in [0.05, 0.1) is 12.2 Å². The number of carbonyl (C=O) groups is 1. The van der Waals surface area contributed by atoms with Crippen LogP contribution >= 0.6 is 0 Å². The topological polar surface area (TPSA) is 77.8 Å². The number of aliphatic hydroxyl groups excluding tert-OH is 2. The molecule has 0 saturated carbocycles. The van der Waals surface area contributed by atoms with Crippen molar-refractivity contribution in [3.63, 3.8) is 0 Å². The van der Waals surface area contributed by atoms with Gasteiger partial charge >= 0.3 is 0 Å². The lowest BCUT2D eigenvalue weighted by atomic mass is 9.77. The van der Waals surface area contributed by atoms with Crippen LogP contribution in [-0.4, -0.2) is 38.9 Å². The normalized spacial score (nSPS) is 29.2. The van der Waals surface area contributed by atoms with Gasteiger partial charge in [0, 0.05) is 0 Å². The van der Waals surface area contributed by atoms with E-state index in [2.05, 4.69) is 0 Å². The van der Waals surface area contributed by atoms with Crippen LogP contribution in [-0.2, 0) is 4.79 Å². The summed E-state index contributed by atoms with van der Waals surface area (Å²) in [5, 5.41) is 29.5. The van der Waals surface area contributed by atoms with Crippen molar-refractivity contribution in [1.29, 1.82) is 0 Å². The van der Waals surface area contributed by atoms with Crippen molar-refractivity contribution in [2.45, 2.75) is 76.6 Å². The van der Waals surface area contributed by atoms with Crippen LogP contribution < -0.4 is 0 Å². The van der Waals surface area contributed by atoms with Crippen molar-refractivity contribution in [3.8, 4) is 0 Å². The quantitative estimate of drug-likeness (QED) is 0.658. The molecule has 4 heteroatoms. The summed E-state index contributed by atoms with van der Waals surface area (Å²) in [5.41, 5.74) is -0.719.